The van der Waals surface area contributed by atoms with E-state index in [2.05, 4.69) is 64.9 Å². The van der Waals surface area contributed by atoms with Crippen LogP contribution in [-0.4, -0.2) is 9.97 Å². The van der Waals surface area contributed by atoms with Crippen molar-refractivity contribution in [2.75, 3.05) is 5.73 Å². The average molecular weight is 366 g/mol. The lowest BCUT2D eigenvalue weighted by Crippen LogP contribution is -2.07. The largest absolute Gasteiger partial charge is 0.383 e. The molecule has 1 aromatic carbocycles. The maximum atomic E-state index is 5.99. The lowest BCUT2D eigenvalue weighted by molar-refractivity contribution is 0.630. The predicted molar refractivity (Wildman–Crippen MR) is 93.4 cm³/mol. The molecule has 1 aromatic heterocycles. The second-order valence-corrected chi connectivity index (χ2v) is 7.25. The van der Waals surface area contributed by atoms with Gasteiger partial charge in [-0.25, -0.2) is 9.97 Å². The Bertz CT molecular complexity index is 629. The van der Waals surface area contributed by atoms with Crippen molar-refractivity contribution < 1.29 is 0 Å². The molecule has 2 aromatic rings. The third-order valence-electron chi connectivity index (χ3n) is 3.04. The lowest BCUT2D eigenvalue weighted by Gasteiger charge is -2.11. The van der Waals surface area contributed by atoms with Crippen LogP contribution in [0.15, 0.2) is 33.6 Å². The molecule has 0 aliphatic heterocycles. The number of nitrogens with zero attached hydrogens (tertiary/aromatic N) is 2. The molecule has 2 N–H and O–H groups in total. The van der Waals surface area contributed by atoms with Crippen LogP contribution in [0.4, 0.5) is 5.82 Å². The van der Waals surface area contributed by atoms with Crippen LogP contribution in [-0.2, 0) is 12.2 Å². The summed E-state index contributed by atoms with van der Waals surface area (Å²) in [6.45, 7) is 6.46. The highest BCUT2D eigenvalue weighted by Crippen LogP contribution is 2.28. The third-order valence-corrected chi connectivity index (χ3v) is 5.08. The molecule has 112 valence electrons. The quantitative estimate of drug-likeness (QED) is 0.785. The van der Waals surface area contributed by atoms with Crippen LogP contribution in [0.5, 0.6) is 0 Å². The summed E-state index contributed by atoms with van der Waals surface area (Å²) in [6, 6.07) is 8.34. The van der Waals surface area contributed by atoms with Crippen molar-refractivity contribution in [2.24, 2.45) is 5.92 Å². The monoisotopic (exact) mass is 365 g/mol. The van der Waals surface area contributed by atoms with Gasteiger partial charge in [-0.15, -0.1) is 11.8 Å². The number of benzene rings is 1. The molecule has 2 rings (SSSR count). The van der Waals surface area contributed by atoms with Gasteiger partial charge < -0.3 is 5.73 Å². The van der Waals surface area contributed by atoms with Gasteiger partial charge in [0.1, 0.15) is 11.6 Å². The normalized spacial score (nSPS) is 11.1. The van der Waals surface area contributed by atoms with Gasteiger partial charge in [-0.2, -0.15) is 0 Å². The smallest absolute Gasteiger partial charge is 0.141 e. The summed E-state index contributed by atoms with van der Waals surface area (Å²) >= 11 is 5.24. The van der Waals surface area contributed by atoms with Crippen molar-refractivity contribution in [3.05, 3.63) is 45.8 Å². The number of nitrogen functional groups attached to an aromatic ring is 1. The minimum absolute atomic E-state index is 0.529. The second kappa shape index (κ2) is 7.27. The number of anilines is 1. The number of hydrogen-bond donors (Lipinski definition) is 1. The number of thioether (sulfide) groups is 1. The Morgan fingerprint density at radius 1 is 1.24 bits per heavy atom. The fourth-order valence-electron chi connectivity index (χ4n) is 2.01. The van der Waals surface area contributed by atoms with E-state index in [-0.39, 0.29) is 0 Å². The minimum atomic E-state index is 0.529. The summed E-state index contributed by atoms with van der Waals surface area (Å²) in [5.41, 5.74) is 8.26. The summed E-state index contributed by atoms with van der Waals surface area (Å²) < 4.78 is 0.834. The standard InChI is InChI=1S/C16H20BrN3S/c1-10(2)8-12-15(17)16(18)20-14(19-12)9-21-13-7-5-4-6-11(13)3/h4-7,10H,8-9H2,1-3H3,(H2,18,19,20). The maximum absolute atomic E-state index is 5.99. The van der Waals surface area contributed by atoms with Crippen LogP contribution >= 0.6 is 27.7 Å². The van der Waals surface area contributed by atoms with Crippen LogP contribution in [0.3, 0.4) is 0 Å². The molecule has 0 radical (unpaired) electrons. The fraction of sp³-hybridized carbons (Fsp3) is 0.375. The third kappa shape index (κ3) is 4.45. The Labute approximate surface area is 138 Å². The van der Waals surface area contributed by atoms with Crippen LogP contribution < -0.4 is 5.73 Å². The Hall–Kier alpha value is -1.07. The van der Waals surface area contributed by atoms with Crippen molar-refractivity contribution >= 4 is 33.5 Å². The summed E-state index contributed by atoms with van der Waals surface area (Å²) in [7, 11) is 0. The van der Waals surface area contributed by atoms with Crippen LogP contribution in [0.25, 0.3) is 0 Å². The SMILES string of the molecule is Cc1ccccc1SCc1nc(N)c(Br)c(CC(C)C)n1. The highest BCUT2D eigenvalue weighted by atomic mass is 79.9. The van der Waals surface area contributed by atoms with E-state index in [1.165, 1.54) is 10.5 Å². The molecule has 0 unspecified atom stereocenters. The second-order valence-electron chi connectivity index (χ2n) is 5.44. The van der Waals surface area contributed by atoms with E-state index in [9.17, 15) is 0 Å². The van der Waals surface area contributed by atoms with Crippen LogP contribution in [0.2, 0.25) is 0 Å². The molecule has 0 saturated heterocycles. The van der Waals surface area contributed by atoms with Gasteiger partial charge in [0.05, 0.1) is 15.9 Å². The van der Waals surface area contributed by atoms with Gasteiger partial charge in [0.2, 0.25) is 0 Å². The summed E-state index contributed by atoms with van der Waals surface area (Å²) in [5.74, 6) is 2.58. The number of rotatable bonds is 5. The summed E-state index contributed by atoms with van der Waals surface area (Å²) in [5, 5.41) is 0. The molecular weight excluding hydrogens is 346 g/mol. The topological polar surface area (TPSA) is 51.8 Å². The Morgan fingerprint density at radius 2 is 1.95 bits per heavy atom. The number of aromatic nitrogens is 2. The zero-order chi connectivity index (χ0) is 15.4. The number of halogens is 1. The highest BCUT2D eigenvalue weighted by molar-refractivity contribution is 9.10. The molecule has 3 nitrogen and oxygen atoms in total. The molecule has 21 heavy (non-hydrogen) atoms. The van der Waals surface area contributed by atoms with Gasteiger partial charge in [-0.3, -0.25) is 0 Å². The van der Waals surface area contributed by atoms with E-state index in [1.807, 2.05) is 6.07 Å². The van der Waals surface area contributed by atoms with Crippen molar-refractivity contribution in [3.63, 3.8) is 0 Å². The zero-order valence-corrected chi connectivity index (χ0v) is 15.0. The number of nitrogens with two attached hydrogens (primary N) is 1. The van der Waals surface area contributed by atoms with Gasteiger partial charge in [-0.1, -0.05) is 32.0 Å². The molecule has 0 bridgehead atoms. The van der Waals surface area contributed by atoms with Crippen molar-refractivity contribution in [1.82, 2.24) is 9.97 Å². The van der Waals surface area contributed by atoms with E-state index in [0.29, 0.717) is 11.7 Å². The molecule has 0 amide bonds. The average Bonchev–Trinajstić information content (AvgIpc) is 2.42. The minimum Gasteiger partial charge on any atom is -0.383 e. The molecule has 1 heterocycles. The molecular formula is C16H20BrN3S. The van der Waals surface area contributed by atoms with Gasteiger partial charge in [0.15, 0.2) is 0 Å². The first kappa shape index (κ1) is 16.3. The van der Waals surface area contributed by atoms with E-state index < -0.39 is 0 Å². The van der Waals surface area contributed by atoms with E-state index in [0.717, 1.165) is 28.2 Å². The van der Waals surface area contributed by atoms with E-state index >= 15 is 0 Å². The first-order valence-corrected chi connectivity index (χ1v) is 8.74. The van der Waals surface area contributed by atoms with Gasteiger partial charge in [0, 0.05) is 4.90 Å². The highest BCUT2D eigenvalue weighted by Gasteiger charge is 2.12. The predicted octanol–water partition coefficient (Wildman–Crippen LogP) is 4.62. The molecule has 5 heteroatoms. The summed E-state index contributed by atoms with van der Waals surface area (Å²) in [4.78, 5) is 10.3. The molecule has 0 atom stereocenters. The van der Waals surface area contributed by atoms with Gasteiger partial charge in [0.25, 0.3) is 0 Å². The summed E-state index contributed by atoms with van der Waals surface area (Å²) in [6.07, 6.45) is 0.898. The first-order valence-electron chi connectivity index (χ1n) is 6.96. The molecule has 0 saturated carbocycles. The van der Waals surface area contributed by atoms with Crippen molar-refractivity contribution in [1.29, 1.82) is 0 Å². The first-order chi connectivity index (χ1) is 9.97. The van der Waals surface area contributed by atoms with E-state index in [1.54, 1.807) is 11.8 Å². The maximum Gasteiger partial charge on any atom is 0.141 e. The molecule has 0 aliphatic carbocycles. The lowest BCUT2D eigenvalue weighted by atomic mass is 10.1. The molecule has 0 fully saturated rings. The van der Waals surface area contributed by atoms with Gasteiger partial charge in [-0.05, 0) is 46.8 Å². The van der Waals surface area contributed by atoms with Crippen LogP contribution in [0.1, 0.15) is 30.9 Å². The van der Waals surface area contributed by atoms with Crippen molar-refractivity contribution in [3.8, 4) is 0 Å². The zero-order valence-electron chi connectivity index (χ0n) is 12.6. The molecule has 0 aliphatic rings. The Morgan fingerprint density at radius 3 is 2.62 bits per heavy atom. The number of hydrogen-bond acceptors (Lipinski definition) is 4. The van der Waals surface area contributed by atoms with Crippen molar-refractivity contribution in [2.45, 2.75) is 37.8 Å². The Balaban J connectivity index is 2.17. The van der Waals surface area contributed by atoms with E-state index in [4.69, 9.17) is 5.73 Å². The van der Waals surface area contributed by atoms with Gasteiger partial charge >= 0.3 is 0 Å². The Kier molecular flexibility index (Phi) is 5.65. The number of aryl methyl sites for hydroxylation is 1. The fourth-order valence-corrected chi connectivity index (χ4v) is 3.24. The molecule has 0 spiro atoms. The van der Waals surface area contributed by atoms with Crippen LogP contribution in [0, 0.1) is 12.8 Å².